The first-order valence-corrected chi connectivity index (χ1v) is 12.5. The fourth-order valence-electron chi connectivity index (χ4n) is 4.57. The van der Waals surface area contributed by atoms with Gasteiger partial charge in [-0.15, -0.1) is 0 Å². The van der Waals surface area contributed by atoms with Crippen LogP contribution in [0.2, 0.25) is 0 Å². The maximum atomic E-state index is 12.0. The van der Waals surface area contributed by atoms with Crippen molar-refractivity contribution in [3.05, 3.63) is 66.9 Å². The van der Waals surface area contributed by atoms with E-state index >= 15 is 0 Å². The molecule has 1 saturated heterocycles. The van der Waals surface area contributed by atoms with Gasteiger partial charge < -0.3 is 25.2 Å². The minimum absolute atomic E-state index is 0.121. The van der Waals surface area contributed by atoms with Gasteiger partial charge in [0.25, 0.3) is 0 Å². The third kappa shape index (κ3) is 5.73. The fraction of sp³-hybridized carbons (Fsp3) is 0.241. The number of likely N-dealkylation sites (N-methyl/N-ethyl adjacent to an activating group) is 1. The minimum atomic E-state index is -0.357. The van der Waals surface area contributed by atoms with Crippen LogP contribution in [0, 0.1) is 0 Å². The number of rotatable bonds is 6. The molecule has 0 unspecified atom stereocenters. The summed E-state index contributed by atoms with van der Waals surface area (Å²) in [5, 5.41) is 7.18. The molecular formula is C29H30N6O3. The molecule has 9 nitrogen and oxygen atoms in total. The number of esters is 1. The fourth-order valence-corrected chi connectivity index (χ4v) is 4.57. The first kappa shape index (κ1) is 25.2. The number of ether oxygens (including phenoxy) is 1. The van der Waals surface area contributed by atoms with Crippen LogP contribution >= 0.6 is 0 Å². The molecule has 1 fully saturated rings. The van der Waals surface area contributed by atoms with Crippen molar-refractivity contribution in [2.75, 3.05) is 48.8 Å². The number of nitrogens with one attached hydrogen (secondary N) is 2. The normalized spacial score (nSPS) is 13.8. The van der Waals surface area contributed by atoms with E-state index in [1.165, 1.54) is 13.8 Å². The Morgan fingerprint density at radius 1 is 0.947 bits per heavy atom. The second kappa shape index (κ2) is 10.9. The third-order valence-corrected chi connectivity index (χ3v) is 6.45. The lowest BCUT2D eigenvalue weighted by Gasteiger charge is -2.35. The number of carbonyl (C=O) groups excluding carboxylic acids is 2. The number of carbonyl (C=O) groups is 2. The molecule has 1 aromatic heterocycles. The molecule has 0 saturated carbocycles. The number of aromatic nitrogens is 2. The summed E-state index contributed by atoms with van der Waals surface area (Å²) in [6.45, 7) is 6.63. The second-order valence-corrected chi connectivity index (χ2v) is 9.38. The van der Waals surface area contributed by atoms with Crippen LogP contribution in [0.4, 0.5) is 23.0 Å². The number of hydrogen-bond donors (Lipinski definition) is 2. The number of hydrogen-bond acceptors (Lipinski definition) is 8. The van der Waals surface area contributed by atoms with Crippen LogP contribution in [0.1, 0.15) is 13.8 Å². The van der Waals surface area contributed by atoms with Crippen molar-refractivity contribution in [2.45, 2.75) is 13.8 Å². The van der Waals surface area contributed by atoms with Crippen molar-refractivity contribution in [3.63, 3.8) is 0 Å². The van der Waals surface area contributed by atoms with E-state index in [1.54, 1.807) is 18.3 Å². The molecule has 0 radical (unpaired) electrons. The van der Waals surface area contributed by atoms with Gasteiger partial charge in [-0.05, 0) is 42.9 Å². The van der Waals surface area contributed by atoms with Crippen LogP contribution in [0.15, 0.2) is 66.9 Å². The van der Waals surface area contributed by atoms with Gasteiger partial charge in [-0.1, -0.05) is 30.3 Å². The Hall–Kier alpha value is -4.50. The standard InChI is InChI=1S/C29H30N6O3/c1-19(36)31-26-17-23(9-12-27(26)35-15-13-34(3)14-16-35)32-29-30-18-22-5-4-6-25(28(22)33-29)21-7-10-24(11-8-21)38-20(2)37/h4-12,17-18H,13-16H2,1-3H3,(H,31,36)(H,30,32,33). The summed E-state index contributed by atoms with van der Waals surface area (Å²) in [4.78, 5) is 37.1. The van der Waals surface area contributed by atoms with Crippen molar-refractivity contribution < 1.29 is 14.3 Å². The predicted octanol–water partition coefficient (Wildman–Crippen LogP) is 4.68. The number of amides is 1. The molecular weight excluding hydrogens is 480 g/mol. The largest absolute Gasteiger partial charge is 0.427 e. The Labute approximate surface area is 221 Å². The van der Waals surface area contributed by atoms with Crippen LogP contribution in [-0.4, -0.2) is 60.0 Å². The van der Waals surface area contributed by atoms with Gasteiger partial charge >= 0.3 is 5.97 Å². The molecule has 0 aliphatic carbocycles. The maximum absolute atomic E-state index is 12.0. The molecule has 1 aliphatic rings. The summed E-state index contributed by atoms with van der Waals surface area (Å²) in [5.74, 6) is 0.463. The van der Waals surface area contributed by atoms with E-state index in [0.717, 1.165) is 65.3 Å². The number of benzene rings is 3. The summed E-state index contributed by atoms with van der Waals surface area (Å²) in [6, 6.07) is 19.2. The third-order valence-electron chi connectivity index (χ3n) is 6.45. The van der Waals surface area contributed by atoms with Gasteiger partial charge in [0.05, 0.1) is 16.9 Å². The van der Waals surface area contributed by atoms with Crippen LogP contribution in [-0.2, 0) is 9.59 Å². The number of fused-ring (bicyclic) bond motifs is 1. The summed E-state index contributed by atoms with van der Waals surface area (Å²) in [5.41, 5.74) is 5.20. The lowest BCUT2D eigenvalue weighted by molar-refractivity contribution is -0.131. The first-order chi connectivity index (χ1) is 18.4. The van der Waals surface area contributed by atoms with Crippen LogP contribution in [0.25, 0.3) is 22.0 Å². The van der Waals surface area contributed by atoms with Crippen LogP contribution in [0.3, 0.4) is 0 Å². The topological polar surface area (TPSA) is 99.7 Å². The molecule has 194 valence electrons. The van der Waals surface area contributed by atoms with Crippen molar-refractivity contribution >= 4 is 45.8 Å². The average Bonchev–Trinajstić information content (AvgIpc) is 2.89. The smallest absolute Gasteiger partial charge is 0.308 e. The summed E-state index contributed by atoms with van der Waals surface area (Å²) in [7, 11) is 2.12. The molecule has 4 aromatic rings. The highest BCUT2D eigenvalue weighted by Crippen LogP contribution is 2.32. The Bertz CT molecular complexity index is 1480. The zero-order valence-electron chi connectivity index (χ0n) is 21.7. The summed E-state index contributed by atoms with van der Waals surface area (Å²) < 4.78 is 5.16. The molecule has 2 heterocycles. The lowest BCUT2D eigenvalue weighted by Crippen LogP contribution is -2.44. The summed E-state index contributed by atoms with van der Waals surface area (Å²) >= 11 is 0. The van der Waals surface area contributed by atoms with E-state index in [4.69, 9.17) is 9.72 Å². The number of nitrogens with zero attached hydrogens (tertiary/aromatic N) is 4. The van der Waals surface area contributed by atoms with Crippen LogP contribution in [0.5, 0.6) is 5.75 Å². The Morgan fingerprint density at radius 2 is 1.71 bits per heavy atom. The van der Waals surface area contributed by atoms with Gasteiger partial charge in [0.1, 0.15) is 5.75 Å². The first-order valence-electron chi connectivity index (χ1n) is 12.5. The molecule has 0 bridgehead atoms. The summed E-state index contributed by atoms with van der Waals surface area (Å²) in [6.07, 6.45) is 1.79. The van der Waals surface area contributed by atoms with Gasteiger partial charge in [0.15, 0.2) is 0 Å². The highest BCUT2D eigenvalue weighted by atomic mass is 16.5. The molecule has 38 heavy (non-hydrogen) atoms. The zero-order chi connectivity index (χ0) is 26.6. The quantitative estimate of drug-likeness (QED) is 0.285. The van der Waals surface area contributed by atoms with Crippen LogP contribution < -0.4 is 20.3 Å². The van der Waals surface area contributed by atoms with E-state index in [9.17, 15) is 9.59 Å². The number of piperazine rings is 1. The molecule has 0 atom stereocenters. The van der Waals surface area contributed by atoms with E-state index < -0.39 is 0 Å². The van der Waals surface area contributed by atoms with E-state index in [-0.39, 0.29) is 11.9 Å². The van der Waals surface area contributed by atoms with Crippen molar-refractivity contribution in [1.82, 2.24) is 14.9 Å². The lowest BCUT2D eigenvalue weighted by atomic mass is 10.0. The highest BCUT2D eigenvalue weighted by molar-refractivity contribution is 5.95. The monoisotopic (exact) mass is 510 g/mol. The predicted molar refractivity (Wildman–Crippen MR) is 150 cm³/mol. The van der Waals surface area contributed by atoms with Crippen molar-refractivity contribution in [1.29, 1.82) is 0 Å². The SMILES string of the molecule is CC(=O)Nc1cc(Nc2ncc3cccc(-c4ccc(OC(C)=O)cc4)c3n2)ccc1N1CCN(C)CC1. The molecule has 0 spiro atoms. The number of anilines is 4. The molecule has 5 rings (SSSR count). The van der Waals surface area contributed by atoms with Gasteiger partial charge in [-0.25, -0.2) is 9.97 Å². The van der Waals surface area contributed by atoms with Gasteiger partial charge in [-0.2, -0.15) is 0 Å². The van der Waals surface area contributed by atoms with Crippen molar-refractivity contribution in [3.8, 4) is 16.9 Å². The Kier molecular flexibility index (Phi) is 7.19. The number of para-hydroxylation sites is 1. The zero-order valence-corrected chi connectivity index (χ0v) is 21.7. The van der Waals surface area contributed by atoms with Crippen molar-refractivity contribution in [2.24, 2.45) is 0 Å². The molecule has 9 heteroatoms. The molecule has 3 aromatic carbocycles. The minimum Gasteiger partial charge on any atom is -0.427 e. The second-order valence-electron chi connectivity index (χ2n) is 9.38. The maximum Gasteiger partial charge on any atom is 0.308 e. The highest BCUT2D eigenvalue weighted by Gasteiger charge is 2.18. The van der Waals surface area contributed by atoms with Gasteiger partial charge in [0.2, 0.25) is 11.9 Å². The van der Waals surface area contributed by atoms with Gasteiger partial charge in [-0.3, -0.25) is 9.59 Å². The molecule has 2 N–H and O–H groups in total. The Morgan fingerprint density at radius 3 is 2.42 bits per heavy atom. The van der Waals surface area contributed by atoms with E-state index in [2.05, 4.69) is 32.5 Å². The van der Waals surface area contributed by atoms with Gasteiger partial charge in [0, 0.05) is 62.9 Å². The molecule has 1 amide bonds. The Balaban J connectivity index is 1.44. The van der Waals surface area contributed by atoms with E-state index in [0.29, 0.717) is 11.7 Å². The molecule has 1 aliphatic heterocycles. The average molecular weight is 511 g/mol. The van der Waals surface area contributed by atoms with E-state index in [1.807, 2.05) is 48.5 Å².